The molecule has 8 heteroatoms. The number of amides is 1. The number of hydrogen-bond acceptors (Lipinski definition) is 6. The van der Waals surface area contributed by atoms with Crippen molar-refractivity contribution in [1.29, 1.82) is 0 Å². The van der Waals surface area contributed by atoms with Crippen LogP contribution in [0.15, 0.2) is 46.9 Å². The molecule has 1 N–H and O–H groups in total. The first-order chi connectivity index (χ1) is 13.2. The maximum absolute atomic E-state index is 12.9. The molecule has 0 fully saturated rings. The number of benzene rings is 2. The summed E-state index contributed by atoms with van der Waals surface area (Å²) in [4.78, 5) is 12.0. The molecule has 0 bridgehead atoms. The lowest BCUT2D eigenvalue weighted by atomic mass is 10.2. The molecule has 1 aromatic heterocycles. The van der Waals surface area contributed by atoms with Crippen LogP contribution >= 0.6 is 0 Å². The fourth-order valence-corrected chi connectivity index (χ4v) is 2.61. The van der Waals surface area contributed by atoms with Crippen LogP contribution in [0.4, 0.5) is 4.39 Å². The van der Waals surface area contributed by atoms with Gasteiger partial charge in [-0.25, -0.2) is 4.39 Å². The highest BCUT2D eigenvalue weighted by molar-refractivity contribution is 5.76. The van der Waals surface area contributed by atoms with Gasteiger partial charge in [-0.3, -0.25) is 4.79 Å². The van der Waals surface area contributed by atoms with E-state index < -0.39 is 0 Å². The highest BCUT2D eigenvalue weighted by Gasteiger charge is 2.17. The molecule has 0 saturated carbocycles. The van der Waals surface area contributed by atoms with Gasteiger partial charge in [0, 0.05) is 24.9 Å². The number of carbonyl (C=O) groups excluding carboxylic acids is 1. The predicted molar refractivity (Wildman–Crippen MR) is 92.4 cm³/mol. The highest BCUT2D eigenvalue weighted by atomic mass is 19.1. The molecule has 2 aromatic carbocycles. The molecule has 0 saturated heterocycles. The first-order valence-electron chi connectivity index (χ1n) is 8.41. The summed E-state index contributed by atoms with van der Waals surface area (Å²) in [6, 6.07) is 11.3. The first kappa shape index (κ1) is 17.0. The second-order valence-electron chi connectivity index (χ2n) is 5.97. The molecule has 0 atom stereocenters. The zero-order valence-corrected chi connectivity index (χ0v) is 14.3. The third-order valence-corrected chi connectivity index (χ3v) is 4.06. The molecule has 1 aliphatic heterocycles. The van der Waals surface area contributed by atoms with E-state index in [0.717, 1.165) is 11.1 Å². The summed E-state index contributed by atoms with van der Waals surface area (Å²) in [5.41, 5.74) is 1.55. The van der Waals surface area contributed by atoms with E-state index in [1.807, 2.05) is 0 Å². The lowest BCUT2D eigenvalue weighted by Crippen LogP contribution is -2.23. The molecule has 0 unspecified atom stereocenters. The molecule has 3 aromatic rings. The van der Waals surface area contributed by atoms with Gasteiger partial charge in [-0.2, -0.15) is 0 Å². The SMILES string of the molecule is O=C(CCc1nnc(-c2ccc3c(c2)OCO3)o1)NCc1ccc(F)cc1. The van der Waals surface area contributed by atoms with Gasteiger partial charge in [-0.05, 0) is 35.9 Å². The maximum atomic E-state index is 12.9. The minimum Gasteiger partial charge on any atom is -0.454 e. The van der Waals surface area contributed by atoms with Gasteiger partial charge in [-0.15, -0.1) is 10.2 Å². The average molecular weight is 369 g/mol. The van der Waals surface area contributed by atoms with Crippen molar-refractivity contribution < 1.29 is 23.1 Å². The van der Waals surface area contributed by atoms with Crippen LogP contribution in [0.3, 0.4) is 0 Å². The van der Waals surface area contributed by atoms with Crippen LogP contribution < -0.4 is 14.8 Å². The van der Waals surface area contributed by atoms with E-state index in [0.29, 0.717) is 36.2 Å². The molecule has 0 spiro atoms. The van der Waals surface area contributed by atoms with Gasteiger partial charge >= 0.3 is 0 Å². The Morgan fingerprint density at radius 3 is 2.74 bits per heavy atom. The number of rotatable bonds is 6. The summed E-state index contributed by atoms with van der Waals surface area (Å²) >= 11 is 0. The van der Waals surface area contributed by atoms with Crippen LogP contribution in [-0.2, 0) is 17.8 Å². The second kappa shape index (κ2) is 7.45. The summed E-state index contributed by atoms with van der Waals surface area (Å²) < 4.78 is 29.1. The second-order valence-corrected chi connectivity index (χ2v) is 5.97. The molecule has 7 nitrogen and oxygen atoms in total. The molecule has 0 aliphatic carbocycles. The highest BCUT2D eigenvalue weighted by Crippen LogP contribution is 2.35. The van der Waals surface area contributed by atoms with Crippen LogP contribution in [0, 0.1) is 5.82 Å². The number of fused-ring (bicyclic) bond motifs is 1. The lowest BCUT2D eigenvalue weighted by Gasteiger charge is -2.04. The molecule has 1 aliphatic rings. The number of hydrogen-bond donors (Lipinski definition) is 1. The smallest absolute Gasteiger partial charge is 0.247 e. The van der Waals surface area contributed by atoms with Crippen molar-refractivity contribution in [2.24, 2.45) is 0 Å². The van der Waals surface area contributed by atoms with Gasteiger partial charge in [0.1, 0.15) is 5.82 Å². The molecule has 1 amide bonds. The number of nitrogens with zero attached hydrogens (tertiary/aromatic N) is 2. The standard InChI is InChI=1S/C19H16FN3O4/c20-14-4-1-12(2-5-14)10-21-17(24)7-8-18-22-23-19(27-18)13-3-6-15-16(9-13)26-11-25-15/h1-6,9H,7-8,10-11H2,(H,21,24). The monoisotopic (exact) mass is 369 g/mol. The third kappa shape index (κ3) is 4.05. The Hall–Kier alpha value is -3.42. The zero-order valence-electron chi connectivity index (χ0n) is 14.3. The Kier molecular flexibility index (Phi) is 4.69. The number of aryl methyl sites for hydroxylation is 1. The molecular formula is C19H16FN3O4. The summed E-state index contributed by atoms with van der Waals surface area (Å²) in [6.07, 6.45) is 0.538. The van der Waals surface area contributed by atoms with E-state index in [2.05, 4.69) is 15.5 Å². The summed E-state index contributed by atoms with van der Waals surface area (Å²) in [5.74, 6) is 1.58. The van der Waals surface area contributed by atoms with Gasteiger partial charge in [-0.1, -0.05) is 12.1 Å². The van der Waals surface area contributed by atoms with Crippen molar-refractivity contribution >= 4 is 5.91 Å². The van der Waals surface area contributed by atoms with E-state index in [-0.39, 0.29) is 24.9 Å². The predicted octanol–water partition coefficient (Wildman–Crippen LogP) is 2.85. The number of ether oxygens (including phenoxy) is 2. The number of nitrogens with one attached hydrogen (secondary N) is 1. The van der Waals surface area contributed by atoms with E-state index in [4.69, 9.17) is 13.9 Å². The Morgan fingerprint density at radius 1 is 1.07 bits per heavy atom. The van der Waals surface area contributed by atoms with Crippen LogP contribution in [0.5, 0.6) is 11.5 Å². The van der Waals surface area contributed by atoms with Crippen molar-refractivity contribution in [2.45, 2.75) is 19.4 Å². The molecule has 0 radical (unpaired) electrons. The normalized spacial score (nSPS) is 12.2. The third-order valence-electron chi connectivity index (χ3n) is 4.06. The molecular weight excluding hydrogens is 353 g/mol. The average Bonchev–Trinajstić information content (AvgIpc) is 3.34. The number of halogens is 1. The van der Waals surface area contributed by atoms with Crippen LogP contribution in [0.25, 0.3) is 11.5 Å². The molecule has 2 heterocycles. The van der Waals surface area contributed by atoms with E-state index in [1.54, 1.807) is 30.3 Å². The van der Waals surface area contributed by atoms with Crippen LogP contribution in [-0.4, -0.2) is 22.9 Å². The van der Waals surface area contributed by atoms with Crippen LogP contribution in [0.2, 0.25) is 0 Å². The van der Waals surface area contributed by atoms with Gasteiger partial charge in [0.25, 0.3) is 0 Å². The minimum atomic E-state index is -0.306. The van der Waals surface area contributed by atoms with Gasteiger partial charge in [0.05, 0.1) is 0 Å². The topological polar surface area (TPSA) is 86.5 Å². The Morgan fingerprint density at radius 2 is 1.89 bits per heavy atom. The fourth-order valence-electron chi connectivity index (χ4n) is 2.61. The molecule has 138 valence electrons. The molecule has 27 heavy (non-hydrogen) atoms. The van der Waals surface area contributed by atoms with Crippen molar-refractivity contribution in [3.05, 3.63) is 59.7 Å². The van der Waals surface area contributed by atoms with E-state index in [9.17, 15) is 9.18 Å². The largest absolute Gasteiger partial charge is 0.454 e. The van der Waals surface area contributed by atoms with Gasteiger partial charge < -0.3 is 19.2 Å². The Bertz CT molecular complexity index is 956. The number of aromatic nitrogens is 2. The molecule has 4 rings (SSSR count). The first-order valence-corrected chi connectivity index (χ1v) is 8.41. The quantitative estimate of drug-likeness (QED) is 0.719. The van der Waals surface area contributed by atoms with E-state index in [1.165, 1.54) is 12.1 Å². The van der Waals surface area contributed by atoms with E-state index >= 15 is 0 Å². The van der Waals surface area contributed by atoms with Gasteiger partial charge in [0.2, 0.25) is 24.5 Å². The van der Waals surface area contributed by atoms with Crippen molar-refractivity contribution in [3.8, 4) is 23.0 Å². The Labute approximate surface area is 154 Å². The summed E-state index contributed by atoms with van der Waals surface area (Å²) in [5, 5.41) is 10.8. The summed E-state index contributed by atoms with van der Waals surface area (Å²) in [7, 11) is 0. The van der Waals surface area contributed by atoms with Gasteiger partial charge in [0.15, 0.2) is 11.5 Å². The number of carbonyl (C=O) groups is 1. The Balaban J connectivity index is 1.30. The minimum absolute atomic E-state index is 0.151. The maximum Gasteiger partial charge on any atom is 0.247 e. The lowest BCUT2D eigenvalue weighted by molar-refractivity contribution is -0.121. The fraction of sp³-hybridized carbons (Fsp3) is 0.211. The van der Waals surface area contributed by atoms with Crippen molar-refractivity contribution in [1.82, 2.24) is 15.5 Å². The zero-order chi connectivity index (χ0) is 18.6. The summed E-state index contributed by atoms with van der Waals surface area (Å²) in [6.45, 7) is 0.534. The van der Waals surface area contributed by atoms with Crippen molar-refractivity contribution in [2.75, 3.05) is 6.79 Å². The van der Waals surface area contributed by atoms with Crippen LogP contribution in [0.1, 0.15) is 17.9 Å². The van der Waals surface area contributed by atoms with Crippen molar-refractivity contribution in [3.63, 3.8) is 0 Å².